The van der Waals surface area contributed by atoms with Gasteiger partial charge in [-0.1, -0.05) is 30.3 Å². The lowest BCUT2D eigenvalue weighted by Crippen LogP contribution is -2.13. The molecule has 0 bridgehead atoms. The highest BCUT2D eigenvalue weighted by molar-refractivity contribution is 5.74. The molecular weight excluding hydrogens is 200 g/mol. The second kappa shape index (κ2) is 4.81. The number of anilines is 1. The molecule has 0 fully saturated rings. The van der Waals surface area contributed by atoms with Crippen LogP contribution in [0.3, 0.4) is 0 Å². The molecule has 0 radical (unpaired) electrons. The SMILES string of the molecule is Cn1ncc(NCCN)c1-c1ccccc1. The molecule has 0 aliphatic rings. The lowest BCUT2D eigenvalue weighted by molar-refractivity contribution is 0.776. The van der Waals surface area contributed by atoms with E-state index in [4.69, 9.17) is 5.73 Å². The van der Waals surface area contributed by atoms with Crippen LogP contribution in [0, 0.1) is 0 Å². The molecule has 16 heavy (non-hydrogen) atoms. The molecule has 0 amide bonds. The van der Waals surface area contributed by atoms with E-state index in [0.717, 1.165) is 23.5 Å². The van der Waals surface area contributed by atoms with Crippen LogP contribution in [0.5, 0.6) is 0 Å². The minimum Gasteiger partial charge on any atom is -0.381 e. The number of nitrogens with two attached hydrogens (primary N) is 1. The quantitative estimate of drug-likeness (QED) is 0.813. The molecule has 0 unspecified atom stereocenters. The Morgan fingerprint density at radius 3 is 2.75 bits per heavy atom. The molecule has 4 heteroatoms. The summed E-state index contributed by atoms with van der Waals surface area (Å²) in [5.41, 5.74) is 8.76. The molecule has 0 spiro atoms. The van der Waals surface area contributed by atoms with E-state index >= 15 is 0 Å². The third-order valence-electron chi connectivity index (χ3n) is 2.45. The van der Waals surface area contributed by atoms with E-state index in [0.29, 0.717) is 6.54 Å². The van der Waals surface area contributed by atoms with Crippen LogP contribution in [0.1, 0.15) is 0 Å². The van der Waals surface area contributed by atoms with E-state index in [9.17, 15) is 0 Å². The third-order valence-corrected chi connectivity index (χ3v) is 2.45. The van der Waals surface area contributed by atoms with Crippen molar-refractivity contribution in [2.45, 2.75) is 0 Å². The average Bonchev–Trinajstić information content (AvgIpc) is 2.69. The number of benzene rings is 1. The molecule has 0 atom stereocenters. The number of hydrogen-bond acceptors (Lipinski definition) is 3. The average molecular weight is 216 g/mol. The van der Waals surface area contributed by atoms with Gasteiger partial charge in [0.25, 0.3) is 0 Å². The minimum absolute atomic E-state index is 0.614. The Bertz CT molecular complexity index is 447. The van der Waals surface area contributed by atoms with Gasteiger partial charge in [0.2, 0.25) is 0 Å². The van der Waals surface area contributed by atoms with Crippen LogP contribution < -0.4 is 11.1 Å². The first kappa shape index (κ1) is 10.7. The normalized spacial score (nSPS) is 10.4. The molecule has 1 heterocycles. The second-order valence-corrected chi connectivity index (χ2v) is 3.61. The number of aromatic nitrogens is 2. The Labute approximate surface area is 95.1 Å². The molecule has 0 saturated carbocycles. The van der Waals surface area contributed by atoms with Crippen molar-refractivity contribution in [3.8, 4) is 11.3 Å². The van der Waals surface area contributed by atoms with Crippen LogP contribution in [-0.4, -0.2) is 22.9 Å². The maximum atomic E-state index is 5.48. The lowest BCUT2D eigenvalue weighted by atomic mass is 10.1. The van der Waals surface area contributed by atoms with E-state index in [1.165, 1.54) is 0 Å². The van der Waals surface area contributed by atoms with Crippen molar-refractivity contribution in [2.24, 2.45) is 12.8 Å². The van der Waals surface area contributed by atoms with Gasteiger partial charge in [-0.3, -0.25) is 4.68 Å². The molecule has 84 valence electrons. The number of aryl methyl sites for hydroxylation is 1. The summed E-state index contributed by atoms with van der Waals surface area (Å²) >= 11 is 0. The van der Waals surface area contributed by atoms with Crippen molar-refractivity contribution in [1.82, 2.24) is 9.78 Å². The highest BCUT2D eigenvalue weighted by Gasteiger charge is 2.09. The Morgan fingerprint density at radius 1 is 1.31 bits per heavy atom. The van der Waals surface area contributed by atoms with Crippen molar-refractivity contribution in [3.05, 3.63) is 36.5 Å². The minimum atomic E-state index is 0.614. The van der Waals surface area contributed by atoms with Crippen molar-refractivity contribution in [2.75, 3.05) is 18.4 Å². The van der Waals surface area contributed by atoms with Crippen LogP contribution in [-0.2, 0) is 7.05 Å². The molecule has 1 aromatic carbocycles. The summed E-state index contributed by atoms with van der Waals surface area (Å²) in [7, 11) is 1.94. The fourth-order valence-electron chi connectivity index (χ4n) is 1.71. The number of nitrogens with one attached hydrogen (secondary N) is 1. The van der Waals surface area contributed by atoms with E-state index in [1.54, 1.807) is 0 Å². The Hall–Kier alpha value is -1.81. The Morgan fingerprint density at radius 2 is 2.06 bits per heavy atom. The smallest absolute Gasteiger partial charge is 0.0910 e. The van der Waals surface area contributed by atoms with Gasteiger partial charge in [0, 0.05) is 25.7 Å². The van der Waals surface area contributed by atoms with Crippen LogP contribution in [0.15, 0.2) is 36.5 Å². The van der Waals surface area contributed by atoms with E-state index in [1.807, 2.05) is 36.1 Å². The van der Waals surface area contributed by atoms with Gasteiger partial charge in [-0.25, -0.2) is 0 Å². The molecule has 0 aliphatic heterocycles. The van der Waals surface area contributed by atoms with Crippen LogP contribution >= 0.6 is 0 Å². The van der Waals surface area contributed by atoms with Crippen LogP contribution in [0.25, 0.3) is 11.3 Å². The summed E-state index contributed by atoms with van der Waals surface area (Å²) in [6.45, 7) is 1.37. The van der Waals surface area contributed by atoms with Gasteiger partial charge >= 0.3 is 0 Å². The van der Waals surface area contributed by atoms with Gasteiger partial charge in [-0.2, -0.15) is 5.10 Å². The molecule has 0 saturated heterocycles. The maximum absolute atomic E-state index is 5.48. The maximum Gasteiger partial charge on any atom is 0.0910 e. The first-order valence-corrected chi connectivity index (χ1v) is 5.34. The number of rotatable bonds is 4. The summed E-state index contributed by atoms with van der Waals surface area (Å²) in [5.74, 6) is 0. The van der Waals surface area contributed by atoms with Gasteiger partial charge in [-0.05, 0) is 0 Å². The standard InChI is InChI=1S/C12H16N4/c1-16-12(10-5-3-2-4-6-10)11(9-15-16)14-8-7-13/h2-6,9,14H,7-8,13H2,1H3. The molecule has 4 nitrogen and oxygen atoms in total. The molecular formula is C12H16N4. The second-order valence-electron chi connectivity index (χ2n) is 3.61. The van der Waals surface area contributed by atoms with E-state index in [-0.39, 0.29) is 0 Å². The summed E-state index contributed by atoms with van der Waals surface area (Å²) < 4.78 is 1.87. The predicted molar refractivity (Wildman–Crippen MR) is 66.2 cm³/mol. The van der Waals surface area contributed by atoms with Gasteiger partial charge in [0.15, 0.2) is 0 Å². The summed E-state index contributed by atoms with van der Waals surface area (Å²) in [4.78, 5) is 0. The first-order chi connectivity index (χ1) is 7.83. The first-order valence-electron chi connectivity index (χ1n) is 5.34. The van der Waals surface area contributed by atoms with Gasteiger partial charge in [0.1, 0.15) is 0 Å². The van der Waals surface area contributed by atoms with E-state index < -0.39 is 0 Å². The number of hydrogen-bond donors (Lipinski definition) is 2. The fourth-order valence-corrected chi connectivity index (χ4v) is 1.71. The van der Waals surface area contributed by atoms with Crippen molar-refractivity contribution >= 4 is 5.69 Å². The molecule has 0 aliphatic carbocycles. The summed E-state index contributed by atoms with van der Waals surface area (Å²) in [5, 5.41) is 7.53. The Kier molecular flexibility index (Phi) is 3.22. The highest BCUT2D eigenvalue weighted by Crippen LogP contribution is 2.26. The van der Waals surface area contributed by atoms with Crippen molar-refractivity contribution in [1.29, 1.82) is 0 Å². The van der Waals surface area contributed by atoms with E-state index in [2.05, 4.69) is 22.5 Å². The fraction of sp³-hybridized carbons (Fsp3) is 0.250. The van der Waals surface area contributed by atoms with Crippen LogP contribution in [0.4, 0.5) is 5.69 Å². The molecule has 2 rings (SSSR count). The zero-order valence-corrected chi connectivity index (χ0v) is 9.35. The molecule has 2 aromatic rings. The number of nitrogens with zero attached hydrogens (tertiary/aromatic N) is 2. The topological polar surface area (TPSA) is 55.9 Å². The zero-order chi connectivity index (χ0) is 11.4. The van der Waals surface area contributed by atoms with Crippen molar-refractivity contribution < 1.29 is 0 Å². The van der Waals surface area contributed by atoms with Crippen LogP contribution in [0.2, 0.25) is 0 Å². The van der Waals surface area contributed by atoms with Crippen molar-refractivity contribution in [3.63, 3.8) is 0 Å². The third kappa shape index (κ3) is 2.06. The van der Waals surface area contributed by atoms with Gasteiger partial charge in [-0.15, -0.1) is 0 Å². The summed E-state index contributed by atoms with van der Waals surface area (Å²) in [6.07, 6.45) is 1.83. The van der Waals surface area contributed by atoms with Gasteiger partial charge in [0.05, 0.1) is 17.6 Å². The monoisotopic (exact) mass is 216 g/mol. The van der Waals surface area contributed by atoms with Gasteiger partial charge < -0.3 is 11.1 Å². The zero-order valence-electron chi connectivity index (χ0n) is 9.35. The summed E-state index contributed by atoms with van der Waals surface area (Å²) in [6, 6.07) is 10.2. The predicted octanol–water partition coefficient (Wildman–Crippen LogP) is 1.46. The molecule has 3 N–H and O–H groups in total. The Balaban J connectivity index is 2.35. The highest BCUT2D eigenvalue weighted by atomic mass is 15.3. The molecule has 1 aromatic heterocycles. The lowest BCUT2D eigenvalue weighted by Gasteiger charge is -2.07. The largest absolute Gasteiger partial charge is 0.381 e.